The number of ether oxygens (including phenoxy) is 1. The van der Waals surface area contributed by atoms with Gasteiger partial charge >= 0.3 is 7.60 Å². The van der Waals surface area contributed by atoms with Crippen LogP contribution in [0.25, 0.3) is 0 Å². The van der Waals surface area contributed by atoms with Crippen LogP contribution >= 0.6 is 7.60 Å². The molecule has 1 aromatic rings. The first-order chi connectivity index (χ1) is 13.8. The lowest BCUT2D eigenvalue weighted by Gasteiger charge is -2.37. The average Bonchev–Trinajstić information content (AvgIpc) is 2.95. The summed E-state index contributed by atoms with van der Waals surface area (Å²) in [7, 11) is -4.43. The van der Waals surface area contributed by atoms with Crippen molar-refractivity contribution >= 4 is 7.60 Å². The van der Waals surface area contributed by atoms with Gasteiger partial charge in [0.15, 0.2) is 5.34 Å². The van der Waals surface area contributed by atoms with E-state index in [4.69, 9.17) is 15.7 Å². The van der Waals surface area contributed by atoms with E-state index in [1.54, 1.807) is 20.8 Å². The second-order valence-electron chi connectivity index (χ2n) is 8.06. The zero-order valence-corrected chi connectivity index (χ0v) is 18.4. The Balaban J connectivity index is 2.27. The first-order valence-electron chi connectivity index (χ1n) is 9.78. The summed E-state index contributed by atoms with van der Waals surface area (Å²) in [4.78, 5) is 24.3. The van der Waals surface area contributed by atoms with Crippen LogP contribution in [0.5, 0.6) is 0 Å². The van der Waals surface area contributed by atoms with Crippen molar-refractivity contribution in [1.82, 2.24) is 4.98 Å². The van der Waals surface area contributed by atoms with Gasteiger partial charge in [0.25, 0.3) is 0 Å². The number of H-pyrrole nitrogens is 1. The molecule has 1 aliphatic rings. The van der Waals surface area contributed by atoms with Crippen molar-refractivity contribution in [2.45, 2.75) is 82.3 Å². The third kappa shape index (κ3) is 4.87. The van der Waals surface area contributed by atoms with Gasteiger partial charge in [0.05, 0.1) is 17.4 Å². The Labute approximate surface area is 175 Å². The molecular formula is C20H30NO8P. The highest BCUT2D eigenvalue weighted by Crippen LogP contribution is 2.59. The van der Waals surface area contributed by atoms with Crippen molar-refractivity contribution in [3.63, 3.8) is 0 Å². The predicted octanol–water partition coefficient (Wildman–Crippen LogP) is 1.40. The monoisotopic (exact) mass is 443 g/mol. The summed E-state index contributed by atoms with van der Waals surface area (Å²) in [5, 5.41) is 29.4. The minimum absolute atomic E-state index is 0.00495. The molecule has 0 aliphatic carbocycles. The third-order valence-corrected chi connectivity index (χ3v) is 7.99. The van der Waals surface area contributed by atoms with E-state index in [1.807, 2.05) is 0 Å². The lowest BCUT2D eigenvalue weighted by molar-refractivity contribution is -0.0531. The normalized spacial score (nSPS) is 30.1. The van der Waals surface area contributed by atoms with Crippen LogP contribution < -0.4 is 5.56 Å². The molecule has 0 spiro atoms. The Morgan fingerprint density at radius 1 is 1.27 bits per heavy atom. The summed E-state index contributed by atoms with van der Waals surface area (Å²) in [6.07, 6.45) is 1.06. The maximum Gasteiger partial charge on any atom is 0.359 e. The highest BCUT2D eigenvalue weighted by atomic mass is 31.2. The second kappa shape index (κ2) is 8.93. The molecule has 10 heteroatoms. The van der Waals surface area contributed by atoms with Gasteiger partial charge < -0.3 is 34.5 Å². The Bertz CT molecular complexity index is 907. The molecular weight excluding hydrogens is 413 g/mol. The first kappa shape index (κ1) is 24.8. The standard InChI is InChI=1S/C20H30NO8P/c1-6-13-12(9-10-15(22)21-13)18-17(24)16(23)14(28-18)11-19(4,7-2)29-30(26,27)20(5,25)8-3/h1,9-10,14,16-18,23-25H,7-8,11H2,2-5H3,(H,21,22)(H,26,27). The SMILES string of the molecule is C#Cc1[nH]c(=O)ccc1C1OC(CC(C)(CC)OP(=O)(O)C(C)(O)CC)C(O)C1O. The Kier molecular flexibility index (Phi) is 7.37. The van der Waals surface area contributed by atoms with E-state index in [0.717, 1.165) is 0 Å². The lowest BCUT2D eigenvalue weighted by Crippen LogP contribution is -2.40. The van der Waals surface area contributed by atoms with Crippen molar-refractivity contribution in [1.29, 1.82) is 0 Å². The third-order valence-electron chi connectivity index (χ3n) is 5.77. The molecule has 30 heavy (non-hydrogen) atoms. The van der Waals surface area contributed by atoms with Gasteiger partial charge in [-0.05, 0) is 32.8 Å². The number of nitrogens with one attached hydrogen (secondary N) is 1. The van der Waals surface area contributed by atoms with Crippen molar-refractivity contribution in [3.8, 4) is 12.3 Å². The van der Waals surface area contributed by atoms with Crippen molar-refractivity contribution in [2.75, 3.05) is 0 Å². The molecule has 9 nitrogen and oxygen atoms in total. The zero-order valence-electron chi connectivity index (χ0n) is 17.5. The number of hydrogen-bond donors (Lipinski definition) is 5. The van der Waals surface area contributed by atoms with Crippen LogP contribution in [0.15, 0.2) is 16.9 Å². The van der Waals surface area contributed by atoms with Gasteiger partial charge in [-0.3, -0.25) is 9.36 Å². The van der Waals surface area contributed by atoms with Crippen LogP contribution in [-0.2, 0) is 13.8 Å². The Hall–Kier alpha value is -1.50. The lowest BCUT2D eigenvalue weighted by atomic mass is 9.92. The quantitative estimate of drug-likeness (QED) is 0.299. The van der Waals surface area contributed by atoms with Gasteiger partial charge in [-0.25, -0.2) is 0 Å². The van der Waals surface area contributed by atoms with E-state index in [0.29, 0.717) is 5.56 Å². The fourth-order valence-electron chi connectivity index (χ4n) is 3.29. The smallest absolute Gasteiger partial charge is 0.359 e. The Morgan fingerprint density at radius 3 is 2.43 bits per heavy atom. The van der Waals surface area contributed by atoms with Crippen molar-refractivity contribution in [3.05, 3.63) is 33.7 Å². The molecule has 0 radical (unpaired) electrons. The first-order valence-corrected chi connectivity index (χ1v) is 11.4. The number of aromatic nitrogens is 1. The maximum absolute atomic E-state index is 12.6. The van der Waals surface area contributed by atoms with E-state index in [2.05, 4.69) is 10.9 Å². The number of aromatic amines is 1. The average molecular weight is 443 g/mol. The van der Waals surface area contributed by atoms with Gasteiger partial charge in [0.2, 0.25) is 5.56 Å². The molecule has 2 rings (SSSR count). The van der Waals surface area contributed by atoms with Crippen LogP contribution in [0.3, 0.4) is 0 Å². The summed E-state index contributed by atoms with van der Waals surface area (Å²) in [5.74, 6) is 2.33. The highest BCUT2D eigenvalue weighted by molar-refractivity contribution is 7.54. The summed E-state index contributed by atoms with van der Waals surface area (Å²) in [6, 6.07) is 2.66. The number of terminal acetylenes is 1. The van der Waals surface area contributed by atoms with E-state index in [-0.39, 0.29) is 25.0 Å². The van der Waals surface area contributed by atoms with E-state index >= 15 is 0 Å². The number of hydrogen-bond acceptors (Lipinski definition) is 7. The molecule has 1 aliphatic heterocycles. The fourth-order valence-corrected chi connectivity index (χ4v) is 4.68. The second-order valence-corrected chi connectivity index (χ2v) is 10.3. The number of pyridine rings is 1. The van der Waals surface area contributed by atoms with Gasteiger partial charge in [0, 0.05) is 18.1 Å². The van der Waals surface area contributed by atoms with Crippen LogP contribution in [-0.4, -0.2) is 54.5 Å². The molecule has 1 fully saturated rings. The molecule has 0 amide bonds. The number of aliphatic hydroxyl groups excluding tert-OH is 2. The predicted molar refractivity (Wildman–Crippen MR) is 110 cm³/mol. The van der Waals surface area contributed by atoms with E-state index < -0.39 is 48.5 Å². The summed E-state index contributed by atoms with van der Waals surface area (Å²) >= 11 is 0. The van der Waals surface area contributed by atoms with Crippen LogP contribution in [0, 0.1) is 12.3 Å². The maximum atomic E-state index is 12.6. The Morgan fingerprint density at radius 2 is 1.90 bits per heavy atom. The van der Waals surface area contributed by atoms with Gasteiger partial charge in [-0.2, -0.15) is 0 Å². The molecule has 168 valence electrons. The van der Waals surface area contributed by atoms with Crippen LogP contribution in [0.4, 0.5) is 0 Å². The van der Waals surface area contributed by atoms with Crippen molar-refractivity contribution < 1.29 is 34.0 Å². The molecule has 0 bridgehead atoms. The van der Waals surface area contributed by atoms with Gasteiger partial charge in [-0.1, -0.05) is 19.8 Å². The highest BCUT2D eigenvalue weighted by Gasteiger charge is 2.50. The molecule has 1 saturated heterocycles. The zero-order chi connectivity index (χ0) is 22.9. The van der Waals surface area contributed by atoms with Crippen LogP contribution in [0.2, 0.25) is 0 Å². The molecule has 5 N–H and O–H groups in total. The minimum Gasteiger partial charge on any atom is -0.388 e. The molecule has 2 heterocycles. The number of aliphatic hydroxyl groups is 3. The summed E-state index contributed by atoms with van der Waals surface area (Å²) in [5.41, 5.74) is -1.17. The molecule has 7 atom stereocenters. The van der Waals surface area contributed by atoms with Crippen LogP contribution in [0.1, 0.15) is 64.3 Å². The molecule has 0 saturated carbocycles. The largest absolute Gasteiger partial charge is 0.388 e. The fraction of sp³-hybridized carbons (Fsp3) is 0.650. The topological polar surface area (TPSA) is 149 Å². The minimum atomic E-state index is -4.43. The summed E-state index contributed by atoms with van der Waals surface area (Å²) < 4.78 is 24.0. The molecule has 0 aromatic carbocycles. The van der Waals surface area contributed by atoms with E-state index in [1.165, 1.54) is 19.1 Å². The molecule has 1 aromatic heterocycles. The van der Waals surface area contributed by atoms with Gasteiger partial charge in [-0.15, -0.1) is 6.42 Å². The number of rotatable bonds is 8. The summed E-state index contributed by atoms with van der Waals surface area (Å²) in [6.45, 7) is 6.09. The van der Waals surface area contributed by atoms with Crippen molar-refractivity contribution in [2.24, 2.45) is 0 Å². The van der Waals surface area contributed by atoms with E-state index in [9.17, 15) is 29.6 Å². The van der Waals surface area contributed by atoms with Gasteiger partial charge in [0.1, 0.15) is 18.3 Å². The molecule has 7 unspecified atom stereocenters.